The molecule has 1 fully saturated rings. The second kappa shape index (κ2) is 10.6. The molecule has 38 heavy (non-hydrogen) atoms. The summed E-state index contributed by atoms with van der Waals surface area (Å²) >= 11 is 0. The van der Waals surface area contributed by atoms with Crippen LogP contribution in [0.25, 0.3) is 11.2 Å². The Morgan fingerprint density at radius 3 is 2.68 bits per heavy atom. The van der Waals surface area contributed by atoms with Crippen LogP contribution < -0.4 is 10.3 Å². The number of imidazole rings is 1. The Morgan fingerprint density at radius 1 is 1.13 bits per heavy atom. The van der Waals surface area contributed by atoms with Crippen LogP contribution in [0.5, 0.6) is 0 Å². The first-order valence-corrected chi connectivity index (χ1v) is 11.9. The average molecular weight is 524 g/mol. The second-order valence-electron chi connectivity index (χ2n) is 8.80. The lowest BCUT2D eigenvalue weighted by Gasteiger charge is -2.27. The van der Waals surface area contributed by atoms with E-state index in [1.54, 1.807) is 6.21 Å². The molecule has 4 aromatic rings. The molecular formula is C26H24F3N7O2. The molecule has 2 aromatic carbocycles. The first-order valence-electron chi connectivity index (χ1n) is 11.9. The number of anilines is 2. The predicted octanol–water partition coefficient (Wildman–Crippen LogP) is 4.32. The van der Waals surface area contributed by atoms with Crippen LogP contribution in [0.4, 0.5) is 24.9 Å². The summed E-state index contributed by atoms with van der Waals surface area (Å²) in [5, 5.41) is 4.31. The van der Waals surface area contributed by atoms with Gasteiger partial charge in [0.1, 0.15) is 0 Å². The highest BCUT2D eigenvalue weighted by Gasteiger charge is 2.31. The van der Waals surface area contributed by atoms with Crippen molar-refractivity contribution in [1.82, 2.24) is 19.5 Å². The van der Waals surface area contributed by atoms with Gasteiger partial charge in [0.05, 0.1) is 37.9 Å². The van der Waals surface area contributed by atoms with Gasteiger partial charge in [0.2, 0.25) is 5.95 Å². The molecule has 1 N–H and O–H groups in total. The summed E-state index contributed by atoms with van der Waals surface area (Å²) < 4.78 is 46.3. The van der Waals surface area contributed by atoms with Gasteiger partial charge in [-0.3, -0.25) is 10.2 Å². The average Bonchev–Trinajstić information content (AvgIpc) is 3.31. The second-order valence-corrected chi connectivity index (χ2v) is 8.80. The normalized spacial score (nSPS) is 14.4. The third-order valence-corrected chi connectivity index (χ3v) is 6.00. The van der Waals surface area contributed by atoms with E-state index in [0.717, 1.165) is 23.3 Å². The van der Waals surface area contributed by atoms with Crippen LogP contribution in [0, 0.1) is 6.92 Å². The molecule has 0 spiro atoms. The van der Waals surface area contributed by atoms with Crippen molar-refractivity contribution >= 4 is 34.9 Å². The van der Waals surface area contributed by atoms with Crippen molar-refractivity contribution < 1.29 is 22.7 Å². The van der Waals surface area contributed by atoms with Crippen LogP contribution in [0.15, 0.2) is 60.0 Å². The van der Waals surface area contributed by atoms with Gasteiger partial charge in [-0.25, -0.2) is 4.98 Å². The van der Waals surface area contributed by atoms with Gasteiger partial charge in [-0.1, -0.05) is 42.0 Å². The zero-order valence-corrected chi connectivity index (χ0v) is 20.4. The monoisotopic (exact) mass is 523 g/mol. The lowest BCUT2D eigenvalue weighted by molar-refractivity contribution is -0.137. The van der Waals surface area contributed by atoms with Gasteiger partial charge in [0, 0.05) is 18.7 Å². The third-order valence-electron chi connectivity index (χ3n) is 6.00. The fraction of sp³-hybridized carbons (Fsp3) is 0.269. The predicted molar refractivity (Wildman–Crippen MR) is 137 cm³/mol. The lowest BCUT2D eigenvalue weighted by Crippen LogP contribution is -2.37. The number of fused-ring (bicyclic) bond motifs is 1. The third kappa shape index (κ3) is 5.65. The van der Waals surface area contributed by atoms with E-state index in [1.165, 1.54) is 23.0 Å². The molecule has 0 bridgehead atoms. The lowest BCUT2D eigenvalue weighted by atomic mass is 10.1. The van der Waals surface area contributed by atoms with Gasteiger partial charge >= 0.3 is 6.18 Å². The number of aryl methyl sites for hydroxylation is 1. The van der Waals surface area contributed by atoms with Crippen LogP contribution in [0.1, 0.15) is 27.0 Å². The highest BCUT2D eigenvalue weighted by atomic mass is 19.4. The molecular weight excluding hydrogens is 499 g/mol. The van der Waals surface area contributed by atoms with Gasteiger partial charge in [-0.05, 0) is 24.6 Å². The van der Waals surface area contributed by atoms with Gasteiger partial charge in [-0.15, -0.1) is 0 Å². The topological polar surface area (TPSA) is 97.5 Å². The zero-order valence-electron chi connectivity index (χ0n) is 20.4. The van der Waals surface area contributed by atoms with E-state index < -0.39 is 17.5 Å². The van der Waals surface area contributed by atoms with Gasteiger partial charge < -0.3 is 14.2 Å². The Hall–Kier alpha value is -4.32. The van der Waals surface area contributed by atoms with Gasteiger partial charge in [-0.2, -0.15) is 28.2 Å². The van der Waals surface area contributed by atoms with E-state index in [2.05, 4.69) is 25.5 Å². The van der Waals surface area contributed by atoms with E-state index in [-0.39, 0.29) is 12.1 Å². The number of hydrazone groups is 1. The standard InChI is InChI=1S/C26H24F3N7O2/c1-17-4-2-5-18(12-17)14-31-34-23-22-24(33-25(32-23)35-8-10-38-11-9-35)36(16-30-22)15-21(37)19-6-3-7-20(13-19)26(27,28)29/h2-7,12-14,16H,8-11,15H2,1H3,(H,32,33,34)/b31-14+. The summed E-state index contributed by atoms with van der Waals surface area (Å²) in [4.78, 5) is 28.5. The number of benzene rings is 2. The highest BCUT2D eigenvalue weighted by molar-refractivity contribution is 5.97. The molecule has 0 aliphatic carbocycles. The molecule has 0 saturated carbocycles. The minimum absolute atomic E-state index is 0.0507. The SMILES string of the molecule is Cc1cccc(/C=N/Nc2nc(N3CCOCC3)nc3c2ncn3CC(=O)c2cccc(C(F)(F)F)c2)c1. The fourth-order valence-corrected chi connectivity index (χ4v) is 4.06. The smallest absolute Gasteiger partial charge is 0.378 e. The summed E-state index contributed by atoms with van der Waals surface area (Å²) in [7, 11) is 0. The van der Waals surface area contributed by atoms with E-state index in [0.29, 0.717) is 49.2 Å². The summed E-state index contributed by atoms with van der Waals surface area (Å²) in [5.74, 6) is 0.238. The highest BCUT2D eigenvalue weighted by Crippen LogP contribution is 2.30. The molecule has 0 unspecified atom stereocenters. The number of Topliss-reactive ketones (excluding diaryl/α,β-unsaturated/α-hetero) is 1. The Kier molecular flexibility index (Phi) is 7.05. The number of ketones is 1. The Morgan fingerprint density at radius 2 is 1.92 bits per heavy atom. The van der Waals surface area contributed by atoms with Crippen LogP contribution in [-0.2, 0) is 17.5 Å². The molecule has 2 aromatic heterocycles. The van der Waals surface area contributed by atoms with E-state index in [4.69, 9.17) is 4.74 Å². The molecule has 0 amide bonds. The molecule has 1 aliphatic rings. The molecule has 3 heterocycles. The fourth-order valence-electron chi connectivity index (χ4n) is 4.06. The number of alkyl halides is 3. The molecule has 9 nitrogen and oxygen atoms in total. The maximum Gasteiger partial charge on any atom is 0.416 e. The molecule has 5 rings (SSSR count). The number of nitrogens with one attached hydrogen (secondary N) is 1. The van der Waals surface area contributed by atoms with Crippen molar-refractivity contribution in [3.05, 3.63) is 77.1 Å². The minimum Gasteiger partial charge on any atom is -0.378 e. The first-order chi connectivity index (χ1) is 18.3. The number of carbonyl (C=O) groups excluding carboxylic acids is 1. The Labute approximate surface area is 216 Å². The van der Waals surface area contributed by atoms with Crippen molar-refractivity contribution in [1.29, 1.82) is 0 Å². The van der Waals surface area contributed by atoms with Gasteiger partial charge in [0.15, 0.2) is 22.8 Å². The number of morpholine rings is 1. The first kappa shape index (κ1) is 25.3. The van der Waals surface area contributed by atoms with Crippen LogP contribution >= 0.6 is 0 Å². The number of rotatable bonds is 7. The van der Waals surface area contributed by atoms with Crippen molar-refractivity contribution in [2.45, 2.75) is 19.6 Å². The van der Waals surface area contributed by atoms with E-state index in [9.17, 15) is 18.0 Å². The van der Waals surface area contributed by atoms with Crippen molar-refractivity contribution in [2.24, 2.45) is 5.10 Å². The number of carbonyl (C=O) groups is 1. The maximum absolute atomic E-state index is 13.1. The zero-order chi connectivity index (χ0) is 26.7. The molecule has 0 atom stereocenters. The minimum atomic E-state index is -4.54. The van der Waals surface area contributed by atoms with Crippen LogP contribution in [-0.4, -0.2) is 57.8 Å². The Bertz CT molecular complexity index is 1490. The molecule has 196 valence electrons. The summed E-state index contributed by atoms with van der Waals surface area (Å²) in [6, 6.07) is 12.2. The number of hydrogen-bond donors (Lipinski definition) is 1. The number of hydrogen-bond acceptors (Lipinski definition) is 8. The largest absolute Gasteiger partial charge is 0.416 e. The summed E-state index contributed by atoms with van der Waals surface area (Å²) in [6.07, 6.45) is -1.47. The van der Waals surface area contributed by atoms with Crippen molar-refractivity contribution in [3.8, 4) is 0 Å². The van der Waals surface area contributed by atoms with E-state index >= 15 is 0 Å². The van der Waals surface area contributed by atoms with Crippen molar-refractivity contribution in [2.75, 3.05) is 36.6 Å². The molecule has 0 radical (unpaired) electrons. The number of halogens is 3. The molecule has 12 heteroatoms. The number of ether oxygens (including phenoxy) is 1. The quantitative estimate of drug-likeness (QED) is 0.219. The molecule has 1 saturated heterocycles. The molecule has 1 aliphatic heterocycles. The van der Waals surface area contributed by atoms with Crippen LogP contribution in [0.2, 0.25) is 0 Å². The van der Waals surface area contributed by atoms with Gasteiger partial charge in [0.25, 0.3) is 0 Å². The summed E-state index contributed by atoms with van der Waals surface area (Å²) in [5.41, 5.74) is 4.72. The number of nitrogens with zero attached hydrogens (tertiary/aromatic N) is 6. The number of aromatic nitrogens is 4. The van der Waals surface area contributed by atoms with Crippen LogP contribution in [0.3, 0.4) is 0 Å². The van der Waals surface area contributed by atoms with E-state index in [1.807, 2.05) is 36.1 Å². The summed E-state index contributed by atoms with van der Waals surface area (Å²) in [6.45, 7) is 3.93. The Balaban J connectivity index is 1.47. The maximum atomic E-state index is 13.1. The van der Waals surface area contributed by atoms with Crippen molar-refractivity contribution in [3.63, 3.8) is 0 Å².